The molecule has 0 aliphatic heterocycles. The van der Waals surface area contributed by atoms with Gasteiger partial charge in [0.25, 0.3) is 0 Å². The maximum absolute atomic E-state index is 10.6. The van der Waals surface area contributed by atoms with Gasteiger partial charge in [-0.2, -0.15) is 0 Å². The second-order valence-corrected chi connectivity index (χ2v) is 2.72. The Morgan fingerprint density at radius 3 is 2.07 bits per heavy atom. The zero-order valence-electron chi connectivity index (χ0n) is 7.32. The van der Waals surface area contributed by atoms with E-state index in [1.54, 1.807) is 0 Å². The van der Waals surface area contributed by atoms with E-state index in [0.717, 1.165) is 0 Å². The number of aliphatic carboxylic acids is 1. The third-order valence-corrected chi connectivity index (χ3v) is 1.76. The molecule has 0 atom stereocenters. The molecular formula is C5H6N8O2. The van der Waals surface area contributed by atoms with Gasteiger partial charge in [0.1, 0.15) is 0 Å². The Kier molecular flexibility index (Phi) is 2.31. The molecule has 0 radical (unpaired) electrons. The monoisotopic (exact) mass is 210 g/mol. The van der Waals surface area contributed by atoms with Gasteiger partial charge in [0.2, 0.25) is 0 Å². The van der Waals surface area contributed by atoms with Crippen molar-refractivity contribution in [3.8, 4) is 0 Å². The molecule has 0 spiro atoms. The van der Waals surface area contributed by atoms with Crippen LogP contribution in [-0.2, 0) is 4.79 Å². The molecule has 0 aliphatic rings. The van der Waals surface area contributed by atoms with Gasteiger partial charge in [-0.1, -0.05) is 0 Å². The largest absolute Gasteiger partial charge is 0.481 e. The minimum absolute atomic E-state index is 0.201. The number of tetrazole rings is 2. The van der Waals surface area contributed by atoms with Gasteiger partial charge in [-0.15, -0.1) is 10.2 Å². The van der Waals surface area contributed by atoms with Crippen LogP contribution in [0, 0.1) is 0 Å². The summed E-state index contributed by atoms with van der Waals surface area (Å²) >= 11 is 0. The number of hydrogen-bond donors (Lipinski definition) is 3. The average molecular weight is 210 g/mol. The molecule has 0 aliphatic carbocycles. The summed E-state index contributed by atoms with van der Waals surface area (Å²) in [4.78, 5) is 10.6. The lowest BCUT2D eigenvalue weighted by atomic mass is 10.0. The lowest BCUT2D eigenvalue weighted by Gasteiger charge is -2.05. The van der Waals surface area contributed by atoms with Crippen LogP contribution in [-0.4, -0.2) is 52.3 Å². The van der Waals surface area contributed by atoms with Gasteiger partial charge in [0, 0.05) is 0 Å². The van der Waals surface area contributed by atoms with Crippen molar-refractivity contribution >= 4 is 5.97 Å². The number of carboxylic acid groups (broad SMARTS) is 1. The molecule has 0 fully saturated rings. The number of carboxylic acids is 1. The fourth-order valence-corrected chi connectivity index (χ4v) is 1.13. The van der Waals surface area contributed by atoms with Crippen LogP contribution in [0.1, 0.15) is 24.0 Å². The Balaban J connectivity index is 2.29. The first-order valence-electron chi connectivity index (χ1n) is 3.96. The number of nitrogens with one attached hydrogen (secondary N) is 2. The number of H-pyrrole nitrogens is 2. The van der Waals surface area contributed by atoms with Crippen molar-refractivity contribution < 1.29 is 9.90 Å². The third kappa shape index (κ3) is 1.92. The summed E-state index contributed by atoms with van der Waals surface area (Å²) in [5.74, 6) is -0.993. The van der Waals surface area contributed by atoms with Crippen molar-refractivity contribution in [2.24, 2.45) is 0 Å². The van der Waals surface area contributed by atoms with Gasteiger partial charge in [-0.25, -0.2) is 10.2 Å². The molecule has 15 heavy (non-hydrogen) atoms. The lowest BCUT2D eigenvalue weighted by molar-refractivity contribution is -0.137. The van der Waals surface area contributed by atoms with E-state index in [1.165, 1.54) is 0 Å². The van der Waals surface area contributed by atoms with Crippen LogP contribution in [0.25, 0.3) is 0 Å². The van der Waals surface area contributed by atoms with Gasteiger partial charge in [0.05, 0.1) is 12.3 Å². The summed E-state index contributed by atoms with van der Waals surface area (Å²) in [5, 5.41) is 34.4. The normalized spacial score (nSPS) is 10.7. The summed E-state index contributed by atoms with van der Waals surface area (Å²) in [6, 6.07) is 0. The second-order valence-electron chi connectivity index (χ2n) is 2.72. The highest BCUT2D eigenvalue weighted by atomic mass is 16.4. The van der Waals surface area contributed by atoms with E-state index < -0.39 is 11.9 Å². The Bertz CT molecular complexity index is 388. The second kappa shape index (κ2) is 3.77. The van der Waals surface area contributed by atoms with Crippen molar-refractivity contribution in [2.75, 3.05) is 0 Å². The predicted octanol–water partition coefficient (Wildman–Crippen LogP) is -1.68. The Hall–Kier alpha value is -2.39. The summed E-state index contributed by atoms with van der Waals surface area (Å²) in [6.45, 7) is 0. The summed E-state index contributed by atoms with van der Waals surface area (Å²) in [7, 11) is 0. The van der Waals surface area contributed by atoms with Gasteiger partial charge >= 0.3 is 5.97 Å². The minimum atomic E-state index is -0.993. The highest BCUT2D eigenvalue weighted by Crippen LogP contribution is 2.20. The molecule has 0 amide bonds. The van der Waals surface area contributed by atoms with Crippen molar-refractivity contribution in [3.05, 3.63) is 11.6 Å². The SMILES string of the molecule is O=C(O)CC(c1nnn[nH]1)c1nnn[nH]1. The Morgan fingerprint density at radius 2 is 1.73 bits per heavy atom. The first-order chi connectivity index (χ1) is 7.27. The van der Waals surface area contributed by atoms with Crippen LogP contribution in [0.5, 0.6) is 0 Å². The fourth-order valence-electron chi connectivity index (χ4n) is 1.13. The van der Waals surface area contributed by atoms with Crippen LogP contribution < -0.4 is 0 Å². The number of rotatable bonds is 4. The van der Waals surface area contributed by atoms with Crippen molar-refractivity contribution in [3.63, 3.8) is 0 Å². The third-order valence-electron chi connectivity index (χ3n) is 1.76. The molecule has 10 heteroatoms. The molecule has 2 aromatic heterocycles. The molecular weight excluding hydrogens is 204 g/mol. The smallest absolute Gasteiger partial charge is 0.304 e. The van der Waals surface area contributed by atoms with Crippen LogP contribution in [0.15, 0.2) is 0 Å². The van der Waals surface area contributed by atoms with Crippen molar-refractivity contribution in [1.29, 1.82) is 0 Å². The lowest BCUT2D eigenvalue weighted by Crippen LogP contribution is -2.11. The molecule has 78 valence electrons. The molecule has 2 rings (SSSR count). The predicted molar refractivity (Wildman–Crippen MR) is 42.5 cm³/mol. The van der Waals surface area contributed by atoms with Gasteiger partial charge in [-0.05, 0) is 20.9 Å². The first kappa shape index (κ1) is 9.18. The molecule has 0 saturated carbocycles. The Labute approximate surface area is 82.1 Å². The number of hydrogen-bond acceptors (Lipinski definition) is 7. The van der Waals surface area contributed by atoms with Gasteiger partial charge < -0.3 is 5.11 Å². The number of carbonyl (C=O) groups is 1. The minimum Gasteiger partial charge on any atom is -0.481 e. The van der Waals surface area contributed by atoms with E-state index in [-0.39, 0.29) is 6.42 Å². The zero-order valence-corrected chi connectivity index (χ0v) is 7.32. The molecule has 0 saturated heterocycles. The number of nitrogens with zero attached hydrogens (tertiary/aromatic N) is 6. The fraction of sp³-hybridized carbons (Fsp3) is 0.400. The van der Waals surface area contributed by atoms with Gasteiger partial charge in [-0.3, -0.25) is 4.79 Å². The van der Waals surface area contributed by atoms with Gasteiger partial charge in [0.15, 0.2) is 11.6 Å². The molecule has 0 bridgehead atoms. The van der Waals surface area contributed by atoms with E-state index in [0.29, 0.717) is 11.6 Å². The quantitative estimate of drug-likeness (QED) is 0.542. The highest BCUT2D eigenvalue weighted by Gasteiger charge is 2.24. The van der Waals surface area contributed by atoms with Crippen LogP contribution >= 0.6 is 0 Å². The molecule has 0 aromatic carbocycles. The molecule has 2 heterocycles. The van der Waals surface area contributed by atoms with Crippen LogP contribution in [0.3, 0.4) is 0 Å². The highest BCUT2D eigenvalue weighted by molar-refractivity contribution is 5.68. The Morgan fingerprint density at radius 1 is 1.20 bits per heavy atom. The van der Waals surface area contributed by atoms with Crippen LogP contribution in [0.4, 0.5) is 0 Å². The van der Waals surface area contributed by atoms with Crippen molar-refractivity contribution in [1.82, 2.24) is 41.2 Å². The topological polar surface area (TPSA) is 146 Å². The number of aromatic amines is 2. The zero-order chi connectivity index (χ0) is 10.7. The standard InChI is InChI=1S/C5H6N8O2/c14-3(15)1-2(4-6-10-11-7-4)5-8-12-13-9-5/h2H,1H2,(H,14,15)(H,6,7,10,11)(H,8,9,12,13). The van der Waals surface area contributed by atoms with E-state index in [1.807, 2.05) is 0 Å². The molecule has 2 aromatic rings. The van der Waals surface area contributed by atoms with E-state index in [9.17, 15) is 4.79 Å². The molecule has 3 N–H and O–H groups in total. The van der Waals surface area contributed by atoms with Crippen LogP contribution in [0.2, 0.25) is 0 Å². The maximum Gasteiger partial charge on any atom is 0.304 e. The van der Waals surface area contributed by atoms with E-state index in [2.05, 4.69) is 41.2 Å². The average Bonchev–Trinajstić information content (AvgIpc) is 2.87. The maximum atomic E-state index is 10.6. The number of aromatic nitrogens is 8. The summed E-state index contributed by atoms with van der Waals surface area (Å²) in [6.07, 6.45) is -0.201. The van der Waals surface area contributed by atoms with E-state index in [4.69, 9.17) is 5.11 Å². The summed E-state index contributed by atoms with van der Waals surface area (Å²) < 4.78 is 0. The first-order valence-corrected chi connectivity index (χ1v) is 3.96. The van der Waals surface area contributed by atoms with Crippen molar-refractivity contribution in [2.45, 2.75) is 12.3 Å². The molecule has 0 unspecified atom stereocenters. The van der Waals surface area contributed by atoms with E-state index >= 15 is 0 Å². The molecule has 10 nitrogen and oxygen atoms in total. The summed E-state index contributed by atoms with van der Waals surface area (Å²) in [5.41, 5.74) is 0.